The summed E-state index contributed by atoms with van der Waals surface area (Å²) in [5.74, 6) is -3.03. The average Bonchev–Trinajstić information content (AvgIpc) is 2.45. The maximum atomic E-state index is 13.6. The summed E-state index contributed by atoms with van der Waals surface area (Å²) in [4.78, 5) is 34.7. The van der Waals surface area contributed by atoms with E-state index in [0.717, 1.165) is 0 Å². The monoisotopic (exact) mass is 324 g/mol. The van der Waals surface area contributed by atoms with E-state index in [1.807, 2.05) is 0 Å². The van der Waals surface area contributed by atoms with Crippen molar-refractivity contribution >= 4 is 17.8 Å². The van der Waals surface area contributed by atoms with Crippen molar-refractivity contribution in [1.82, 2.24) is 10.6 Å². The van der Waals surface area contributed by atoms with Crippen LogP contribution in [-0.4, -0.2) is 35.0 Å². The highest BCUT2D eigenvalue weighted by Gasteiger charge is 2.28. The van der Waals surface area contributed by atoms with Crippen LogP contribution in [0.1, 0.15) is 26.3 Å². The molecule has 1 aromatic rings. The molecule has 0 spiro atoms. The van der Waals surface area contributed by atoms with Crippen molar-refractivity contribution in [2.45, 2.75) is 39.3 Å². The predicted octanol–water partition coefficient (Wildman–Crippen LogP) is 1.10. The molecular weight excluding hydrogens is 303 g/mol. The lowest BCUT2D eigenvalue weighted by atomic mass is 10.0. The number of aliphatic carboxylic acids is 1. The van der Waals surface area contributed by atoms with Crippen molar-refractivity contribution in [2.75, 3.05) is 0 Å². The van der Waals surface area contributed by atoms with E-state index >= 15 is 0 Å². The molecule has 0 unspecified atom stereocenters. The standard InChI is InChI=1S/C16H21FN2O4/c1-9(2)14(18-10(3)20)15(21)19-13(16(22)23)8-11-6-4-5-7-12(11)17/h4-7,9,13-14H,8H2,1-3H3,(H,18,20)(H,19,21)(H,22,23)/t13-,14+/m0/s1. The van der Waals surface area contributed by atoms with Gasteiger partial charge in [-0.1, -0.05) is 32.0 Å². The summed E-state index contributed by atoms with van der Waals surface area (Å²) in [6.07, 6.45) is -0.182. The fourth-order valence-electron chi connectivity index (χ4n) is 2.10. The third-order valence-corrected chi connectivity index (χ3v) is 3.30. The first-order valence-electron chi connectivity index (χ1n) is 7.26. The van der Waals surface area contributed by atoms with Crippen LogP contribution >= 0.6 is 0 Å². The van der Waals surface area contributed by atoms with E-state index in [0.29, 0.717) is 0 Å². The summed E-state index contributed by atoms with van der Waals surface area (Å²) < 4.78 is 13.6. The molecule has 0 heterocycles. The number of carbonyl (C=O) groups excluding carboxylic acids is 2. The Labute approximate surface area is 134 Å². The summed E-state index contributed by atoms with van der Waals surface area (Å²) in [6.45, 7) is 4.73. The number of halogens is 1. The number of carboxylic acids is 1. The SMILES string of the molecule is CC(=O)N[C@@H](C(=O)N[C@@H](Cc1ccccc1F)C(=O)O)C(C)C. The first kappa shape index (κ1) is 18.6. The molecule has 0 fully saturated rings. The first-order chi connectivity index (χ1) is 10.7. The van der Waals surface area contributed by atoms with Gasteiger partial charge in [0.15, 0.2) is 0 Å². The summed E-state index contributed by atoms with van der Waals surface area (Å²) in [6, 6.07) is 3.64. The maximum Gasteiger partial charge on any atom is 0.326 e. The smallest absolute Gasteiger partial charge is 0.326 e. The minimum Gasteiger partial charge on any atom is -0.480 e. The lowest BCUT2D eigenvalue weighted by Gasteiger charge is -2.23. The van der Waals surface area contributed by atoms with E-state index in [2.05, 4.69) is 10.6 Å². The number of hydrogen-bond donors (Lipinski definition) is 3. The second kappa shape index (κ2) is 8.26. The van der Waals surface area contributed by atoms with Gasteiger partial charge in [0.2, 0.25) is 11.8 Å². The van der Waals surface area contributed by atoms with E-state index in [9.17, 15) is 23.9 Å². The van der Waals surface area contributed by atoms with Crippen LogP contribution in [0.2, 0.25) is 0 Å². The molecule has 2 amide bonds. The van der Waals surface area contributed by atoms with Crippen LogP contribution < -0.4 is 10.6 Å². The zero-order valence-corrected chi connectivity index (χ0v) is 13.3. The number of rotatable bonds is 7. The van der Waals surface area contributed by atoms with Crippen LogP contribution in [0.15, 0.2) is 24.3 Å². The topological polar surface area (TPSA) is 95.5 Å². The van der Waals surface area contributed by atoms with Crippen molar-refractivity contribution in [1.29, 1.82) is 0 Å². The van der Waals surface area contributed by atoms with Gasteiger partial charge in [0.05, 0.1) is 0 Å². The van der Waals surface area contributed by atoms with Crippen LogP contribution in [0, 0.1) is 11.7 Å². The summed E-state index contributed by atoms with van der Waals surface area (Å²) >= 11 is 0. The van der Waals surface area contributed by atoms with E-state index < -0.39 is 29.8 Å². The molecule has 0 aromatic heterocycles. The Morgan fingerprint density at radius 3 is 2.26 bits per heavy atom. The number of carboxylic acid groups (broad SMARTS) is 1. The highest BCUT2D eigenvalue weighted by Crippen LogP contribution is 2.10. The normalized spacial score (nSPS) is 13.3. The quantitative estimate of drug-likeness (QED) is 0.700. The van der Waals surface area contributed by atoms with Crippen molar-refractivity contribution < 1.29 is 23.9 Å². The van der Waals surface area contributed by atoms with Gasteiger partial charge in [0, 0.05) is 13.3 Å². The van der Waals surface area contributed by atoms with Gasteiger partial charge in [-0.25, -0.2) is 9.18 Å². The first-order valence-corrected chi connectivity index (χ1v) is 7.26. The molecule has 0 saturated heterocycles. The van der Waals surface area contributed by atoms with E-state index in [-0.39, 0.29) is 23.8 Å². The van der Waals surface area contributed by atoms with E-state index in [4.69, 9.17) is 0 Å². The fraction of sp³-hybridized carbons (Fsp3) is 0.438. The largest absolute Gasteiger partial charge is 0.480 e. The number of nitrogens with one attached hydrogen (secondary N) is 2. The molecule has 2 atom stereocenters. The van der Waals surface area contributed by atoms with Crippen LogP contribution in [0.4, 0.5) is 4.39 Å². The highest BCUT2D eigenvalue weighted by atomic mass is 19.1. The van der Waals surface area contributed by atoms with E-state index in [1.165, 1.54) is 25.1 Å². The number of amides is 2. The Morgan fingerprint density at radius 2 is 1.78 bits per heavy atom. The van der Waals surface area contributed by atoms with Gasteiger partial charge in [-0.15, -0.1) is 0 Å². The minimum atomic E-state index is -1.28. The van der Waals surface area contributed by atoms with Gasteiger partial charge in [-0.2, -0.15) is 0 Å². The zero-order valence-electron chi connectivity index (χ0n) is 13.3. The molecule has 6 nitrogen and oxygen atoms in total. The van der Waals surface area contributed by atoms with E-state index in [1.54, 1.807) is 19.9 Å². The van der Waals surface area contributed by atoms with Gasteiger partial charge in [0.1, 0.15) is 17.9 Å². The van der Waals surface area contributed by atoms with Crippen LogP contribution in [0.5, 0.6) is 0 Å². The molecule has 23 heavy (non-hydrogen) atoms. The second-order valence-electron chi connectivity index (χ2n) is 5.62. The molecule has 0 saturated carbocycles. The Hall–Kier alpha value is -2.44. The van der Waals surface area contributed by atoms with Gasteiger partial charge < -0.3 is 15.7 Å². The number of benzene rings is 1. The zero-order chi connectivity index (χ0) is 17.6. The summed E-state index contributed by atoms with van der Waals surface area (Å²) in [5, 5.41) is 14.1. The molecule has 7 heteroatoms. The van der Waals surface area contributed by atoms with Gasteiger partial charge in [0.25, 0.3) is 0 Å². The number of hydrogen-bond acceptors (Lipinski definition) is 3. The third kappa shape index (κ3) is 5.69. The van der Waals surface area contributed by atoms with Crippen LogP contribution in [0.3, 0.4) is 0 Å². The highest BCUT2D eigenvalue weighted by molar-refractivity contribution is 5.90. The van der Waals surface area contributed by atoms with Crippen molar-refractivity contribution in [2.24, 2.45) is 5.92 Å². The maximum absolute atomic E-state index is 13.6. The van der Waals surface area contributed by atoms with Gasteiger partial charge >= 0.3 is 5.97 Å². The molecule has 126 valence electrons. The average molecular weight is 324 g/mol. The lowest BCUT2D eigenvalue weighted by molar-refractivity contribution is -0.142. The minimum absolute atomic E-state index is 0.182. The summed E-state index contributed by atoms with van der Waals surface area (Å²) in [5.41, 5.74) is 0.195. The third-order valence-electron chi connectivity index (χ3n) is 3.30. The van der Waals surface area contributed by atoms with Crippen LogP contribution in [-0.2, 0) is 20.8 Å². The Morgan fingerprint density at radius 1 is 1.17 bits per heavy atom. The Bertz CT molecular complexity index is 589. The Kier molecular flexibility index (Phi) is 6.68. The molecule has 1 rings (SSSR count). The molecule has 0 aliphatic carbocycles. The molecular formula is C16H21FN2O4. The Balaban J connectivity index is 2.86. The van der Waals surface area contributed by atoms with Crippen LogP contribution in [0.25, 0.3) is 0 Å². The molecule has 0 bridgehead atoms. The molecule has 0 radical (unpaired) electrons. The van der Waals surface area contributed by atoms with Gasteiger partial charge in [-0.3, -0.25) is 9.59 Å². The van der Waals surface area contributed by atoms with Gasteiger partial charge in [-0.05, 0) is 17.5 Å². The molecule has 1 aromatic carbocycles. The van der Waals surface area contributed by atoms with Crippen molar-refractivity contribution in [3.8, 4) is 0 Å². The second-order valence-corrected chi connectivity index (χ2v) is 5.62. The lowest BCUT2D eigenvalue weighted by Crippen LogP contribution is -2.53. The number of carbonyl (C=O) groups is 3. The molecule has 3 N–H and O–H groups in total. The fourth-order valence-corrected chi connectivity index (χ4v) is 2.10. The molecule has 0 aliphatic rings. The van der Waals surface area contributed by atoms with Crippen molar-refractivity contribution in [3.63, 3.8) is 0 Å². The molecule has 0 aliphatic heterocycles. The van der Waals surface area contributed by atoms with Crippen molar-refractivity contribution in [3.05, 3.63) is 35.6 Å². The summed E-state index contributed by atoms with van der Waals surface area (Å²) in [7, 11) is 0. The predicted molar refractivity (Wildman–Crippen MR) is 82.1 cm³/mol.